The fourth-order valence-corrected chi connectivity index (χ4v) is 8.48. The molecule has 254 valence electrons. The summed E-state index contributed by atoms with van der Waals surface area (Å²) in [7, 11) is 0. The molecule has 0 atom stereocenters. The molecular weight excluding hydrogens is 673 g/mol. The molecule has 8 aromatic carbocycles. The quantitative estimate of drug-likeness (QED) is 0.164. The number of hydrogen-bond donors (Lipinski definition) is 0. The van der Waals surface area contributed by atoms with Crippen LogP contribution in [0.25, 0.3) is 75.5 Å². The third kappa shape index (κ3) is 6.11. The fourth-order valence-electron chi connectivity index (χ4n) is 7.45. The summed E-state index contributed by atoms with van der Waals surface area (Å²) < 4.78 is 1.21. The van der Waals surface area contributed by atoms with Gasteiger partial charge in [0.2, 0.25) is 0 Å². The third-order valence-corrected chi connectivity index (χ3v) is 11.5. The zero-order valence-electron chi connectivity index (χ0n) is 29.4. The average molecular weight is 707 g/mol. The molecule has 54 heavy (non-hydrogen) atoms. The predicted octanol–water partition coefficient (Wildman–Crippen LogP) is 14.7. The van der Waals surface area contributed by atoms with Crippen molar-refractivity contribution in [3.63, 3.8) is 0 Å². The van der Waals surface area contributed by atoms with Crippen LogP contribution in [0.1, 0.15) is 0 Å². The number of aromatic nitrogens is 1. The molecule has 0 aliphatic rings. The van der Waals surface area contributed by atoms with Crippen molar-refractivity contribution < 1.29 is 0 Å². The van der Waals surface area contributed by atoms with Crippen molar-refractivity contribution >= 4 is 60.0 Å². The van der Waals surface area contributed by atoms with Crippen molar-refractivity contribution in [2.45, 2.75) is 0 Å². The summed E-state index contributed by atoms with van der Waals surface area (Å²) in [5, 5.41) is 6.24. The van der Waals surface area contributed by atoms with Crippen LogP contribution in [0, 0.1) is 0 Å². The Morgan fingerprint density at radius 2 is 0.741 bits per heavy atom. The molecule has 3 heteroatoms. The van der Waals surface area contributed by atoms with E-state index in [4.69, 9.17) is 0 Å². The molecule has 10 rings (SSSR count). The standard InChI is InChI=1S/C51H34N2S/c1-3-7-42-31-44(15-11-35(42)5-1)39-19-25-48(26-20-39)53(49-27-21-40(22-28-49)45-16-12-36-6-2-4-8-43(36)32-45)47-23-17-38(18-24-47)37-9-13-41(14-10-37)50-33-46-29-30-52-34-51(46)54-50/h1-34H. The van der Waals surface area contributed by atoms with Gasteiger partial charge in [0.15, 0.2) is 0 Å². The number of pyridine rings is 1. The van der Waals surface area contributed by atoms with Gasteiger partial charge in [-0.05, 0) is 127 Å². The molecule has 0 radical (unpaired) electrons. The second kappa shape index (κ2) is 13.6. The zero-order chi connectivity index (χ0) is 35.8. The Hall–Kier alpha value is -6.81. The molecule has 2 nitrogen and oxygen atoms in total. The summed E-state index contributed by atoms with van der Waals surface area (Å²) in [4.78, 5) is 7.89. The van der Waals surface area contributed by atoms with E-state index in [1.807, 2.05) is 12.4 Å². The molecular formula is C51H34N2S. The Labute approximate surface area is 318 Å². The van der Waals surface area contributed by atoms with E-state index in [0.29, 0.717) is 0 Å². The van der Waals surface area contributed by atoms with Gasteiger partial charge in [0.1, 0.15) is 0 Å². The predicted molar refractivity (Wildman–Crippen MR) is 231 cm³/mol. The van der Waals surface area contributed by atoms with Gasteiger partial charge in [-0.3, -0.25) is 4.98 Å². The molecule has 0 aliphatic carbocycles. The van der Waals surface area contributed by atoms with Crippen molar-refractivity contribution in [1.82, 2.24) is 4.98 Å². The van der Waals surface area contributed by atoms with Crippen LogP contribution in [0.2, 0.25) is 0 Å². The van der Waals surface area contributed by atoms with Crippen LogP contribution in [0.5, 0.6) is 0 Å². The topological polar surface area (TPSA) is 16.1 Å². The number of fused-ring (bicyclic) bond motifs is 3. The molecule has 2 heterocycles. The van der Waals surface area contributed by atoms with Gasteiger partial charge in [0.05, 0.1) is 4.70 Å². The lowest BCUT2D eigenvalue weighted by Crippen LogP contribution is -2.09. The van der Waals surface area contributed by atoms with E-state index in [-0.39, 0.29) is 0 Å². The Morgan fingerprint density at radius 3 is 1.22 bits per heavy atom. The van der Waals surface area contributed by atoms with E-state index >= 15 is 0 Å². The zero-order valence-corrected chi connectivity index (χ0v) is 30.2. The highest BCUT2D eigenvalue weighted by Crippen LogP contribution is 2.39. The first-order valence-electron chi connectivity index (χ1n) is 18.2. The Balaban J connectivity index is 0.980. The largest absolute Gasteiger partial charge is 0.311 e. The molecule has 0 unspecified atom stereocenters. The van der Waals surface area contributed by atoms with Gasteiger partial charge >= 0.3 is 0 Å². The van der Waals surface area contributed by atoms with Crippen molar-refractivity contribution in [2.24, 2.45) is 0 Å². The Kier molecular flexibility index (Phi) is 8.05. The molecule has 2 aromatic heterocycles. The lowest BCUT2D eigenvalue weighted by molar-refractivity contribution is 1.28. The molecule has 0 saturated heterocycles. The van der Waals surface area contributed by atoms with Gasteiger partial charge in [0.25, 0.3) is 0 Å². The summed E-state index contributed by atoms with van der Waals surface area (Å²) in [6.45, 7) is 0. The van der Waals surface area contributed by atoms with Gasteiger partial charge in [-0.25, -0.2) is 0 Å². The minimum absolute atomic E-state index is 1.10. The number of anilines is 3. The van der Waals surface area contributed by atoms with E-state index in [1.165, 1.54) is 75.5 Å². The van der Waals surface area contributed by atoms with Crippen LogP contribution in [-0.4, -0.2) is 4.98 Å². The monoisotopic (exact) mass is 706 g/mol. The van der Waals surface area contributed by atoms with Crippen LogP contribution < -0.4 is 4.90 Å². The van der Waals surface area contributed by atoms with Crippen LogP contribution in [0.3, 0.4) is 0 Å². The van der Waals surface area contributed by atoms with Gasteiger partial charge < -0.3 is 4.90 Å². The maximum atomic E-state index is 4.29. The van der Waals surface area contributed by atoms with Gasteiger partial charge in [0, 0.05) is 34.3 Å². The lowest BCUT2D eigenvalue weighted by atomic mass is 10.00. The molecule has 0 bridgehead atoms. The number of rotatable bonds is 7. The number of hydrogen-bond acceptors (Lipinski definition) is 3. The summed E-state index contributed by atoms with van der Waals surface area (Å²) in [5.41, 5.74) is 11.7. The minimum Gasteiger partial charge on any atom is -0.311 e. The first kappa shape index (κ1) is 31.9. The SMILES string of the molecule is c1ccc2cc(-c3ccc(N(c4ccc(-c5ccc(-c6cc7ccncc7s6)cc5)cc4)c4ccc(-c5ccc6ccccc6c5)cc4)cc3)ccc2c1. The fraction of sp³-hybridized carbons (Fsp3) is 0. The third-order valence-electron chi connectivity index (χ3n) is 10.4. The van der Waals surface area contributed by atoms with Gasteiger partial charge in [-0.15, -0.1) is 11.3 Å². The van der Waals surface area contributed by atoms with Crippen LogP contribution >= 0.6 is 11.3 Å². The average Bonchev–Trinajstić information content (AvgIpc) is 3.69. The normalized spacial score (nSPS) is 11.3. The molecule has 0 amide bonds. The second-order valence-electron chi connectivity index (χ2n) is 13.7. The molecule has 0 saturated carbocycles. The Bertz CT molecular complexity index is 2750. The summed E-state index contributed by atoms with van der Waals surface area (Å²) in [5.74, 6) is 0. The van der Waals surface area contributed by atoms with Crippen LogP contribution in [0.15, 0.2) is 207 Å². The van der Waals surface area contributed by atoms with Gasteiger partial charge in [-0.1, -0.05) is 133 Å². The highest BCUT2D eigenvalue weighted by Gasteiger charge is 2.14. The summed E-state index contributed by atoms with van der Waals surface area (Å²) in [6, 6.07) is 70.5. The van der Waals surface area contributed by atoms with E-state index in [1.54, 1.807) is 11.3 Å². The highest BCUT2D eigenvalue weighted by atomic mass is 32.1. The van der Waals surface area contributed by atoms with Crippen LogP contribution in [0.4, 0.5) is 17.1 Å². The van der Waals surface area contributed by atoms with E-state index < -0.39 is 0 Å². The first-order chi connectivity index (χ1) is 26.7. The number of benzene rings is 8. The highest BCUT2D eigenvalue weighted by molar-refractivity contribution is 7.22. The minimum atomic E-state index is 1.10. The Morgan fingerprint density at radius 1 is 0.333 bits per heavy atom. The van der Waals surface area contributed by atoms with Crippen molar-refractivity contribution in [3.8, 4) is 43.8 Å². The molecule has 0 N–H and O–H groups in total. The van der Waals surface area contributed by atoms with Crippen LogP contribution in [-0.2, 0) is 0 Å². The summed E-state index contributed by atoms with van der Waals surface area (Å²) >= 11 is 1.78. The maximum absolute atomic E-state index is 4.29. The van der Waals surface area contributed by atoms with Crippen molar-refractivity contribution in [1.29, 1.82) is 0 Å². The van der Waals surface area contributed by atoms with Crippen molar-refractivity contribution in [3.05, 3.63) is 207 Å². The molecule has 0 fully saturated rings. The van der Waals surface area contributed by atoms with Crippen molar-refractivity contribution in [2.75, 3.05) is 4.90 Å². The lowest BCUT2D eigenvalue weighted by Gasteiger charge is -2.26. The molecule has 0 spiro atoms. The first-order valence-corrected chi connectivity index (χ1v) is 19.1. The second-order valence-corrected chi connectivity index (χ2v) is 14.8. The molecule has 10 aromatic rings. The number of thiophene rings is 1. The number of nitrogens with zero attached hydrogens (tertiary/aromatic N) is 2. The summed E-state index contributed by atoms with van der Waals surface area (Å²) in [6.07, 6.45) is 3.80. The smallest absolute Gasteiger partial charge is 0.0532 e. The van der Waals surface area contributed by atoms with Gasteiger partial charge in [-0.2, -0.15) is 0 Å². The molecule has 0 aliphatic heterocycles. The van der Waals surface area contributed by atoms with E-state index in [2.05, 4.69) is 204 Å². The maximum Gasteiger partial charge on any atom is 0.0532 e. The van der Waals surface area contributed by atoms with E-state index in [9.17, 15) is 0 Å². The van der Waals surface area contributed by atoms with E-state index in [0.717, 1.165) is 17.1 Å².